The number of pyridine rings is 1. The van der Waals surface area contributed by atoms with E-state index in [9.17, 15) is 14.4 Å². The molecule has 0 radical (unpaired) electrons. The zero-order valence-electron chi connectivity index (χ0n) is 16.0. The van der Waals surface area contributed by atoms with Crippen molar-refractivity contribution in [1.29, 1.82) is 0 Å². The smallest absolute Gasteiger partial charge is 0.339 e. The van der Waals surface area contributed by atoms with Crippen LogP contribution in [-0.4, -0.2) is 23.1 Å². The van der Waals surface area contributed by atoms with Gasteiger partial charge in [-0.15, -0.1) is 0 Å². The molecule has 0 fully saturated rings. The van der Waals surface area contributed by atoms with Crippen molar-refractivity contribution in [2.75, 3.05) is 11.9 Å². The van der Waals surface area contributed by atoms with Gasteiger partial charge < -0.3 is 10.1 Å². The Balaban J connectivity index is 1.87. The number of benzene rings is 2. The maximum absolute atomic E-state index is 13.3. The zero-order valence-corrected chi connectivity index (χ0v) is 16.0. The molecule has 0 atom stereocenters. The number of aromatic nitrogens is 1. The van der Waals surface area contributed by atoms with Gasteiger partial charge in [0.1, 0.15) is 5.69 Å². The fourth-order valence-corrected chi connectivity index (χ4v) is 3.61. The Bertz CT molecular complexity index is 1150. The number of carbonyl (C=O) groups excluding carboxylic acids is 2. The lowest BCUT2D eigenvalue weighted by molar-refractivity contribution is 0.0523. The van der Waals surface area contributed by atoms with E-state index in [1.165, 1.54) is 10.6 Å². The number of esters is 1. The van der Waals surface area contributed by atoms with Crippen molar-refractivity contribution in [2.24, 2.45) is 0 Å². The molecule has 146 valence electrons. The molecule has 1 aliphatic heterocycles. The van der Waals surface area contributed by atoms with Gasteiger partial charge in [0, 0.05) is 11.3 Å². The number of nitrogens with zero attached hydrogens (tertiary/aromatic N) is 1. The number of carbonyl (C=O) groups is 2. The van der Waals surface area contributed by atoms with E-state index in [2.05, 4.69) is 5.32 Å². The first-order valence-electron chi connectivity index (χ1n) is 9.51. The third-order valence-corrected chi connectivity index (χ3v) is 4.95. The molecule has 1 amide bonds. The highest BCUT2D eigenvalue weighted by Gasteiger charge is 2.26. The molecule has 0 spiro atoms. The van der Waals surface area contributed by atoms with Gasteiger partial charge in [-0.05, 0) is 49.6 Å². The molecule has 2 heterocycles. The number of para-hydroxylation sites is 1. The van der Waals surface area contributed by atoms with E-state index in [0.29, 0.717) is 23.2 Å². The van der Waals surface area contributed by atoms with Gasteiger partial charge in [0.05, 0.1) is 17.9 Å². The summed E-state index contributed by atoms with van der Waals surface area (Å²) < 4.78 is 6.72. The van der Waals surface area contributed by atoms with E-state index in [4.69, 9.17) is 4.74 Å². The second-order valence-corrected chi connectivity index (χ2v) is 6.73. The second-order valence-electron chi connectivity index (χ2n) is 6.73. The maximum Gasteiger partial charge on any atom is 0.339 e. The summed E-state index contributed by atoms with van der Waals surface area (Å²) in [5.41, 5.74) is 2.73. The van der Waals surface area contributed by atoms with Crippen LogP contribution < -0.4 is 10.9 Å². The molecule has 3 aromatic rings. The standard InChI is InChI=1S/C23H20N2O4/c1-2-29-23(28)17-14-18(24-21(26)16-9-4-3-5-10-16)22(27)25-19-11-7-6-8-15(19)12-13-20(17)25/h3-11,14H,2,12-13H2,1H3,(H,24,26). The molecular formula is C23H20N2O4. The number of aryl methyl sites for hydroxylation is 1. The Morgan fingerprint density at radius 2 is 1.76 bits per heavy atom. The lowest BCUT2D eigenvalue weighted by Crippen LogP contribution is -2.32. The van der Waals surface area contributed by atoms with Crippen molar-refractivity contribution in [3.63, 3.8) is 0 Å². The Hall–Kier alpha value is -3.67. The van der Waals surface area contributed by atoms with Crippen LogP contribution in [0.25, 0.3) is 5.69 Å². The molecule has 1 aliphatic rings. The Kier molecular flexibility index (Phi) is 4.99. The van der Waals surface area contributed by atoms with Crippen molar-refractivity contribution in [3.8, 4) is 5.69 Å². The van der Waals surface area contributed by atoms with E-state index < -0.39 is 11.9 Å². The third-order valence-electron chi connectivity index (χ3n) is 4.95. The molecular weight excluding hydrogens is 368 g/mol. The van der Waals surface area contributed by atoms with Crippen LogP contribution in [0.1, 0.15) is 38.9 Å². The molecule has 0 unspecified atom stereocenters. The summed E-state index contributed by atoms with van der Waals surface area (Å²) in [6.45, 7) is 1.95. The minimum atomic E-state index is -0.508. The van der Waals surface area contributed by atoms with Gasteiger partial charge in [0.2, 0.25) is 0 Å². The third kappa shape index (κ3) is 3.45. The lowest BCUT2D eigenvalue weighted by atomic mass is 9.97. The molecule has 29 heavy (non-hydrogen) atoms. The molecule has 6 heteroatoms. The number of fused-ring (bicyclic) bond motifs is 3. The van der Waals surface area contributed by atoms with Crippen molar-refractivity contribution >= 4 is 17.6 Å². The first-order chi connectivity index (χ1) is 14.1. The van der Waals surface area contributed by atoms with Crippen LogP contribution in [0.5, 0.6) is 0 Å². The van der Waals surface area contributed by atoms with Gasteiger partial charge in [0.15, 0.2) is 0 Å². The molecule has 0 saturated carbocycles. The summed E-state index contributed by atoms with van der Waals surface area (Å²) >= 11 is 0. The highest BCUT2D eigenvalue weighted by Crippen LogP contribution is 2.27. The van der Waals surface area contributed by atoms with E-state index in [1.54, 1.807) is 37.3 Å². The minimum absolute atomic E-state index is 0.0439. The fourth-order valence-electron chi connectivity index (χ4n) is 3.61. The molecule has 4 rings (SSSR count). The number of ether oxygens (including phenoxy) is 1. The van der Waals surface area contributed by atoms with Gasteiger partial charge in [-0.25, -0.2) is 4.79 Å². The van der Waals surface area contributed by atoms with Gasteiger partial charge in [-0.3, -0.25) is 14.2 Å². The van der Waals surface area contributed by atoms with Crippen LogP contribution in [0, 0.1) is 0 Å². The predicted molar refractivity (Wildman–Crippen MR) is 110 cm³/mol. The Morgan fingerprint density at radius 1 is 1.03 bits per heavy atom. The van der Waals surface area contributed by atoms with E-state index in [-0.39, 0.29) is 17.9 Å². The number of amides is 1. The van der Waals surface area contributed by atoms with Crippen molar-refractivity contribution in [3.05, 3.63) is 93.4 Å². The normalized spacial score (nSPS) is 11.9. The average molecular weight is 388 g/mol. The lowest BCUT2D eigenvalue weighted by Gasteiger charge is -2.24. The van der Waals surface area contributed by atoms with Crippen molar-refractivity contribution < 1.29 is 14.3 Å². The molecule has 0 aliphatic carbocycles. The van der Waals surface area contributed by atoms with Crippen LogP contribution in [0.3, 0.4) is 0 Å². The second kappa shape index (κ2) is 7.75. The molecule has 1 aromatic heterocycles. The van der Waals surface area contributed by atoms with Crippen LogP contribution in [0.15, 0.2) is 65.5 Å². The van der Waals surface area contributed by atoms with Crippen LogP contribution in [0.4, 0.5) is 5.69 Å². The molecule has 6 nitrogen and oxygen atoms in total. The van der Waals surface area contributed by atoms with Crippen LogP contribution in [-0.2, 0) is 17.6 Å². The van der Waals surface area contributed by atoms with Gasteiger partial charge >= 0.3 is 5.97 Å². The summed E-state index contributed by atoms with van der Waals surface area (Å²) in [7, 11) is 0. The van der Waals surface area contributed by atoms with Gasteiger partial charge in [-0.2, -0.15) is 0 Å². The fraction of sp³-hybridized carbons (Fsp3) is 0.174. The molecule has 0 saturated heterocycles. The zero-order chi connectivity index (χ0) is 20.4. The highest BCUT2D eigenvalue weighted by molar-refractivity contribution is 6.04. The predicted octanol–water partition coefficient (Wildman–Crippen LogP) is 3.37. The van der Waals surface area contributed by atoms with Crippen molar-refractivity contribution in [1.82, 2.24) is 4.57 Å². The number of rotatable bonds is 4. The van der Waals surface area contributed by atoms with Gasteiger partial charge in [-0.1, -0.05) is 36.4 Å². The van der Waals surface area contributed by atoms with Crippen LogP contribution in [0.2, 0.25) is 0 Å². The minimum Gasteiger partial charge on any atom is -0.462 e. The average Bonchev–Trinajstić information content (AvgIpc) is 2.75. The Morgan fingerprint density at radius 3 is 2.52 bits per heavy atom. The number of anilines is 1. The Labute approximate surface area is 167 Å². The van der Waals surface area contributed by atoms with E-state index in [1.807, 2.05) is 24.3 Å². The van der Waals surface area contributed by atoms with E-state index in [0.717, 1.165) is 17.7 Å². The molecule has 2 aromatic carbocycles. The highest BCUT2D eigenvalue weighted by atomic mass is 16.5. The topological polar surface area (TPSA) is 77.4 Å². The van der Waals surface area contributed by atoms with E-state index >= 15 is 0 Å². The molecule has 1 N–H and O–H groups in total. The van der Waals surface area contributed by atoms with Gasteiger partial charge in [0.25, 0.3) is 11.5 Å². The molecule has 0 bridgehead atoms. The monoisotopic (exact) mass is 388 g/mol. The summed E-state index contributed by atoms with van der Waals surface area (Å²) in [6.07, 6.45) is 1.26. The first kappa shape index (κ1) is 18.7. The number of hydrogen-bond donors (Lipinski definition) is 1. The number of nitrogens with one attached hydrogen (secondary N) is 1. The summed E-state index contributed by atoms with van der Waals surface area (Å²) in [4.78, 5) is 38.5. The summed E-state index contributed by atoms with van der Waals surface area (Å²) in [5, 5.41) is 2.66. The SMILES string of the molecule is CCOC(=O)c1cc(NC(=O)c2ccccc2)c(=O)n2c1CCc1ccccc1-2. The summed E-state index contributed by atoms with van der Waals surface area (Å²) in [5.74, 6) is -0.923. The first-order valence-corrected chi connectivity index (χ1v) is 9.51. The van der Waals surface area contributed by atoms with Crippen LogP contribution >= 0.6 is 0 Å². The largest absolute Gasteiger partial charge is 0.462 e. The number of hydrogen-bond acceptors (Lipinski definition) is 4. The van der Waals surface area contributed by atoms with Crippen molar-refractivity contribution in [2.45, 2.75) is 19.8 Å². The maximum atomic E-state index is 13.3. The summed E-state index contributed by atoms with van der Waals surface area (Å²) in [6, 6.07) is 17.6. The quantitative estimate of drug-likeness (QED) is 0.695.